The predicted molar refractivity (Wildman–Crippen MR) is 96.0 cm³/mol. The Bertz CT molecular complexity index is 1120. The number of imide groups is 1. The summed E-state index contributed by atoms with van der Waals surface area (Å²) in [4.78, 5) is 24.3. The van der Waals surface area contributed by atoms with Crippen LogP contribution >= 0.6 is 10.2 Å². The number of carbonyl (C=O) groups is 2. The zero-order chi connectivity index (χ0) is 24.2. The third kappa shape index (κ3) is 5.42. The fraction of sp³-hybridized carbons (Fsp3) is 0.250. The lowest BCUT2D eigenvalue weighted by Crippen LogP contribution is -2.42. The van der Waals surface area contributed by atoms with Gasteiger partial charge in [-0.1, -0.05) is 19.4 Å². The molecule has 2 N–H and O–H groups in total. The molecule has 0 aliphatic heterocycles. The van der Waals surface area contributed by atoms with Crippen LogP contribution in [0.15, 0.2) is 35.5 Å². The second-order valence-electron chi connectivity index (χ2n) is 6.90. The molecule has 1 fully saturated rings. The van der Waals surface area contributed by atoms with Crippen LogP contribution in [-0.4, -0.2) is 31.6 Å². The SMILES string of the molecule is NN(C(=O)C=Cn1cnc(-c2cc(C(F)(F)F)cc(S(F)(F)(F)(F)F)c2)n1)C(=O)C1CC1. The van der Waals surface area contributed by atoms with E-state index in [0.29, 0.717) is 22.5 Å². The van der Waals surface area contributed by atoms with Crippen molar-refractivity contribution in [3.8, 4) is 11.4 Å². The fourth-order valence-corrected chi connectivity index (χ4v) is 3.15. The molecule has 0 unspecified atom stereocenters. The van der Waals surface area contributed by atoms with E-state index in [9.17, 15) is 42.2 Å². The van der Waals surface area contributed by atoms with Gasteiger partial charge in [-0.25, -0.2) is 20.5 Å². The number of halogens is 8. The molecule has 0 radical (unpaired) electrons. The average molecular weight is 491 g/mol. The highest BCUT2D eigenvalue weighted by atomic mass is 32.5. The third-order valence-corrected chi connectivity index (χ3v) is 5.34. The number of hydrazine groups is 1. The highest BCUT2D eigenvalue weighted by Crippen LogP contribution is 3.02. The van der Waals surface area contributed by atoms with Gasteiger partial charge in [0.05, 0.1) is 5.56 Å². The monoisotopic (exact) mass is 491 g/mol. The normalized spacial score (nSPS) is 17.2. The lowest BCUT2D eigenvalue weighted by Gasteiger charge is -2.40. The van der Waals surface area contributed by atoms with E-state index < -0.39 is 56.1 Å². The number of hydrogen-bond acceptors (Lipinski definition) is 5. The standard InChI is InChI=1S/C16H13F8N5O2S/c17-16(18,19)11-5-10(6-12(7-11)32(20,21,22,23)24)14-26-8-28(27-14)4-3-13(30)29(25)15(31)9-1-2-9/h3-9H,1-2,25H2. The number of carbonyl (C=O) groups excluding carboxylic acids is 2. The maximum Gasteiger partial charge on any atom is 0.416 e. The minimum absolute atomic E-state index is 0.178. The summed E-state index contributed by atoms with van der Waals surface area (Å²) in [7, 11) is -10.5. The van der Waals surface area contributed by atoms with Gasteiger partial charge in [-0.15, -0.1) is 5.10 Å². The van der Waals surface area contributed by atoms with Gasteiger partial charge in [-0.05, 0) is 31.0 Å². The molecule has 1 heterocycles. The Kier molecular flexibility index (Phi) is 4.98. The summed E-state index contributed by atoms with van der Waals surface area (Å²) >= 11 is 0. The number of nitrogens with two attached hydrogens (primary N) is 1. The molecular weight excluding hydrogens is 478 g/mol. The van der Waals surface area contributed by atoms with Gasteiger partial charge in [0.25, 0.3) is 5.91 Å². The van der Waals surface area contributed by atoms with Crippen LogP contribution in [0.5, 0.6) is 0 Å². The van der Waals surface area contributed by atoms with Gasteiger partial charge in [-0.3, -0.25) is 9.59 Å². The van der Waals surface area contributed by atoms with Gasteiger partial charge in [0.1, 0.15) is 11.2 Å². The minimum atomic E-state index is -10.5. The average Bonchev–Trinajstić information content (AvgIpc) is 3.39. The number of alkyl halides is 3. The largest absolute Gasteiger partial charge is 0.416 e. The van der Waals surface area contributed by atoms with Crippen molar-refractivity contribution in [2.45, 2.75) is 23.9 Å². The summed E-state index contributed by atoms with van der Waals surface area (Å²) in [6.45, 7) is 0. The molecule has 1 saturated carbocycles. The molecular formula is C16H13F8N5O2S. The van der Waals surface area contributed by atoms with Crippen LogP contribution in [0.25, 0.3) is 17.6 Å². The Morgan fingerprint density at radius 1 is 1.12 bits per heavy atom. The summed E-state index contributed by atoms with van der Waals surface area (Å²) in [6, 6.07) is -0.702. The van der Waals surface area contributed by atoms with E-state index in [1.54, 1.807) is 0 Å². The van der Waals surface area contributed by atoms with Gasteiger partial charge >= 0.3 is 16.4 Å². The van der Waals surface area contributed by atoms with Crippen LogP contribution in [0.4, 0.5) is 32.6 Å². The molecule has 1 aliphatic rings. The third-order valence-electron chi connectivity index (χ3n) is 4.22. The van der Waals surface area contributed by atoms with Crippen molar-refractivity contribution in [3.05, 3.63) is 36.2 Å². The number of amides is 2. The van der Waals surface area contributed by atoms with Crippen LogP contribution in [0.1, 0.15) is 18.4 Å². The molecule has 0 bridgehead atoms. The molecule has 7 nitrogen and oxygen atoms in total. The molecule has 1 aromatic carbocycles. The Labute approximate surface area is 174 Å². The van der Waals surface area contributed by atoms with E-state index in [2.05, 4.69) is 10.1 Å². The summed E-state index contributed by atoms with van der Waals surface area (Å²) in [5.41, 5.74) is -2.96. The smallest absolute Gasteiger partial charge is 0.273 e. The molecule has 3 rings (SSSR count). The molecule has 0 saturated heterocycles. The van der Waals surface area contributed by atoms with Crippen molar-refractivity contribution in [2.24, 2.45) is 11.8 Å². The van der Waals surface area contributed by atoms with Crippen molar-refractivity contribution in [1.29, 1.82) is 0 Å². The van der Waals surface area contributed by atoms with Crippen molar-refractivity contribution in [1.82, 2.24) is 19.8 Å². The Balaban J connectivity index is 1.92. The second kappa shape index (κ2) is 6.74. The highest BCUT2D eigenvalue weighted by Gasteiger charge is 2.66. The van der Waals surface area contributed by atoms with Crippen LogP contribution in [0.3, 0.4) is 0 Å². The number of hydrogen-bond donors (Lipinski definition) is 1. The minimum Gasteiger partial charge on any atom is -0.273 e. The number of rotatable bonds is 5. The zero-order valence-electron chi connectivity index (χ0n) is 15.6. The van der Waals surface area contributed by atoms with Crippen molar-refractivity contribution in [3.63, 3.8) is 0 Å². The Morgan fingerprint density at radius 3 is 2.28 bits per heavy atom. The quantitative estimate of drug-likeness (QED) is 0.215. The molecule has 0 atom stereocenters. The number of aromatic nitrogens is 3. The van der Waals surface area contributed by atoms with E-state index in [1.165, 1.54) is 0 Å². The number of benzene rings is 1. The van der Waals surface area contributed by atoms with E-state index in [1.807, 2.05) is 0 Å². The van der Waals surface area contributed by atoms with Crippen LogP contribution in [0.2, 0.25) is 0 Å². The Morgan fingerprint density at radius 2 is 1.75 bits per heavy atom. The van der Waals surface area contributed by atoms with Gasteiger partial charge < -0.3 is 0 Å². The second-order valence-corrected chi connectivity index (χ2v) is 9.31. The van der Waals surface area contributed by atoms with Crippen molar-refractivity contribution >= 4 is 28.2 Å². The summed E-state index contributed by atoms with van der Waals surface area (Å²) in [6.07, 6.45) is -1.78. The van der Waals surface area contributed by atoms with E-state index in [4.69, 9.17) is 5.84 Å². The molecule has 32 heavy (non-hydrogen) atoms. The van der Waals surface area contributed by atoms with Crippen LogP contribution in [0, 0.1) is 5.92 Å². The first-order valence-corrected chi connectivity index (χ1v) is 10.5. The van der Waals surface area contributed by atoms with E-state index >= 15 is 0 Å². The first kappa shape index (κ1) is 23.6. The molecule has 1 aromatic heterocycles. The number of nitrogens with zero attached hydrogens (tertiary/aromatic N) is 4. The first-order chi connectivity index (χ1) is 14.3. The van der Waals surface area contributed by atoms with Gasteiger partial charge in [0.15, 0.2) is 5.82 Å². The predicted octanol–water partition coefficient (Wildman–Crippen LogP) is 4.73. The molecule has 2 amide bonds. The lowest BCUT2D eigenvalue weighted by atomic mass is 10.1. The first-order valence-electron chi connectivity index (χ1n) is 8.54. The summed E-state index contributed by atoms with van der Waals surface area (Å²) < 4.78 is 105. The topological polar surface area (TPSA) is 94.1 Å². The van der Waals surface area contributed by atoms with Crippen molar-refractivity contribution < 1.29 is 42.2 Å². The highest BCUT2D eigenvalue weighted by molar-refractivity contribution is 8.45. The summed E-state index contributed by atoms with van der Waals surface area (Å²) in [5, 5.41) is 3.90. The zero-order valence-corrected chi connectivity index (χ0v) is 16.4. The van der Waals surface area contributed by atoms with Gasteiger partial charge in [0.2, 0.25) is 5.91 Å². The molecule has 2 aromatic rings. The maximum atomic E-state index is 13.1. The lowest BCUT2D eigenvalue weighted by molar-refractivity contribution is -0.143. The van der Waals surface area contributed by atoms with E-state index in [0.717, 1.165) is 18.6 Å². The van der Waals surface area contributed by atoms with Gasteiger partial charge in [-0.2, -0.15) is 13.2 Å². The fourth-order valence-electron chi connectivity index (χ4n) is 2.45. The van der Waals surface area contributed by atoms with Gasteiger partial charge in [0, 0.05) is 23.8 Å². The van der Waals surface area contributed by atoms with E-state index in [-0.39, 0.29) is 18.1 Å². The molecule has 16 heteroatoms. The molecule has 0 spiro atoms. The maximum absolute atomic E-state index is 13.1. The molecule has 1 aliphatic carbocycles. The molecule has 176 valence electrons. The Hall–Kier alpha value is -3.01. The summed E-state index contributed by atoms with van der Waals surface area (Å²) in [5.74, 6) is 2.65. The van der Waals surface area contributed by atoms with Crippen LogP contribution in [-0.2, 0) is 15.8 Å². The van der Waals surface area contributed by atoms with Crippen LogP contribution < -0.4 is 5.84 Å². The van der Waals surface area contributed by atoms with Crippen molar-refractivity contribution in [2.75, 3.05) is 0 Å².